The molecule has 1 heterocycles. The van der Waals surface area contributed by atoms with E-state index in [-0.39, 0.29) is 0 Å². The molecule has 0 aliphatic carbocycles. The Bertz CT molecular complexity index is 1050. The number of nitrogens with zero attached hydrogens (tertiary/aromatic N) is 3. The summed E-state index contributed by atoms with van der Waals surface area (Å²) in [6, 6.07) is 22.1. The van der Waals surface area contributed by atoms with E-state index in [9.17, 15) is 0 Å². The Kier molecular flexibility index (Phi) is 5.35. The minimum Gasteiger partial charge on any atom is -0.494 e. The Hall–Kier alpha value is -3.18. The van der Waals surface area contributed by atoms with Crippen LogP contribution in [0.3, 0.4) is 0 Å². The number of ether oxygens (including phenoxy) is 1. The Morgan fingerprint density at radius 3 is 2.25 bits per heavy atom. The fourth-order valence-electron chi connectivity index (χ4n) is 3.04. The Labute approximate surface area is 164 Å². The summed E-state index contributed by atoms with van der Waals surface area (Å²) in [5, 5.41) is 10.8. The van der Waals surface area contributed by atoms with Crippen molar-refractivity contribution in [1.82, 2.24) is 15.1 Å². The van der Waals surface area contributed by atoms with Gasteiger partial charge in [0.2, 0.25) is 11.8 Å². The number of hydrogen-bond donors (Lipinski definition) is 0. The molecule has 3 aromatic carbocycles. The van der Waals surface area contributed by atoms with Crippen LogP contribution in [0.2, 0.25) is 0 Å². The second kappa shape index (κ2) is 8.23. The van der Waals surface area contributed by atoms with Crippen LogP contribution in [0.15, 0.2) is 71.1 Å². The van der Waals surface area contributed by atoms with E-state index in [1.54, 1.807) is 0 Å². The van der Waals surface area contributed by atoms with Crippen molar-refractivity contribution in [2.24, 2.45) is 0 Å². The first-order valence-corrected chi connectivity index (χ1v) is 9.40. The van der Waals surface area contributed by atoms with Crippen molar-refractivity contribution in [3.63, 3.8) is 0 Å². The second-order valence-corrected chi connectivity index (χ2v) is 7.00. The molecule has 4 rings (SSSR count). The molecule has 0 saturated carbocycles. The van der Waals surface area contributed by atoms with E-state index >= 15 is 0 Å². The summed E-state index contributed by atoms with van der Waals surface area (Å²) in [5.41, 5.74) is 1.79. The van der Waals surface area contributed by atoms with Crippen LogP contribution in [0.5, 0.6) is 5.75 Å². The van der Waals surface area contributed by atoms with Crippen molar-refractivity contribution in [2.45, 2.75) is 6.42 Å². The van der Waals surface area contributed by atoms with Gasteiger partial charge >= 0.3 is 0 Å². The van der Waals surface area contributed by atoms with Gasteiger partial charge in [0.15, 0.2) is 0 Å². The Morgan fingerprint density at radius 2 is 1.50 bits per heavy atom. The summed E-state index contributed by atoms with van der Waals surface area (Å²) in [6.45, 7) is 1.71. The lowest BCUT2D eigenvalue weighted by Gasteiger charge is -2.10. The predicted molar refractivity (Wildman–Crippen MR) is 111 cm³/mol. The van der Waals surface area contributed by atoms with E-state index < -0.39 is 0 Å². The zero-order chi connectivity index (χ0) is 19.3. The molecular weight excluding hydrogens is 350 g/mol. The Balaban J connectivity index is 1.46. The third-order valence-electron chi connectivity index (χ3n) is 4.54. The van der Waals surface area contributed by atoms with Crippen molar-refractivity contribution in [1.29, 1.82) is 0 Å². The summed E-state index contributed by atoms with van der Waals surface area (Å²) in [4.78, 5) is 2.15. The third kappa shape index (κ3) is 4.21. The van der Waals surface area contributed by atoms with Crippen molar-refractivity contribution in [3.8, 4) is 28.7 Å². The molecule has 28 heavy (non-hydrogen) atoms. The second-order valence-electron chi connectivity index (χ2n) is 7.00. The molecule has 0 unspecified atom stereocenters. The average molecular weight is 373 g/mol. The summed E-state index contributed by atoms with van der Waals surface area (Å²) in [7, 11) is 4.12. The minimum absolute atomic E-state index is 0.502. The molecule has 0 bridgehead atoms. The standard InChI is InChI=1S/C23H23N3O2/c1-26(2)14-5-15-27-21-12-10-18(11-13-21)22-24-25-23(28-22)20-9-8-17-6-3-4-7-19(17)16-20/h3-4,6-13,16H,5,14-15H2,1-2H3. The van der Waals surface area contributed by atoms with Gasteiger partial charge in [0, 0.05) is 17.7 Å². The molecule has 0 aliphatic heterocycles. The highest BCUT2D eigenvalue weighted by Crippen LogP contribution is 2.27. The van der Waals surface area contributed by atoms with Gasteiger partial charge < -0.3 is 14.1 Å². The maximum atomic E-state index is 5.90. The lowest BCUT2D eigenvalue weighted by Crippen LogP contribution is -2.15. The quantitative estimate of drug-likeness (QED) is 0.432. The largest absolute Gasteiger partial charge is 0.494 e. The molecule has 5 nitrogen and oxygen atoms in total. The van der Waals surface area contributed by atoms with Gasteiger partial charge in [-0.3, -0.25) is 0 Å². The van der Waals surface area contributed by atoms with Crippen LogP contribution >= 0.6 is 0 Å². The molecule has 0 spiro atoms. The number of aromatic nitrogens is 2. The maximum absolute atomic E-state index is 5.90. The van der Waals surface area contributed by atoms with Gasteiger partial charge in [-0.05, 0) is 67.7 Å². The smallest absolute Gasteiger partial charge is 0.248 e. The Morgan fingerprint density at radius 1 is 0.821 bits per heavy atom. The van der Waals surface area contributed by atoms with E-state index in [1.807, 2.05) is 42.5 Å². The van der Waals surface area contributed by atoms with Gasteiger partial charge in [-0.1, -0.05) is 30.3 Å². The van der Waals surface area contributed by atoms with Gasteiger partial charge in [0.1, 0.15) is 5.75 Å². The topological polar surface area (TPSA) is 51.4 Å². The fraction of sp³-hybridized carbons (Fsp3) is 0.217. The molecule has 0 N–H and O–H groups in total. The van der Waals surface area contributed by atoms with Gasteiger partial charge in [-0.15, -0.1) is 10.2 Å². The first-order valence-electron chi connectivity index (χ1n) is 9.40. The highest BCUT2D eigenvalue weighted by molar-refractivity contribution is 5.86. The molecule has 0 saturated heterocycles. The van der Waals surface area contributed by atoms with E-state index in [1.165, 1.54) is 5.39 Å². The first-order chi connectivity index (χ1) is 13.7. The van der Waals surface area contributed by atoms with Crippen molar-refractivity contribution in [3.05, 3.63) is 66.7 Å². The summed E-state index contributed by atoms with van der Waals surface area (Å²) in [6.07, 6.45) is 0.994. The zero-order valence-electron chi connectivity index (χ0n) is 16.1. The minimum atomic E-state index is 0.502. The summed E-state index contributed by atoms with van der Waals surface area (Å²) >= 11 is 0. The molecule has 1 aromatic heterocycles. The summed E-state index contributed by atoms with van der Waals surface area (Å²) in [5.74, 6) is 1.86. The van der Waals surface area contributed by atoms with Crippen molar-refractivity contribution in [2.75, 3.05) is 27.2 Å². The number of rotatable bonds is 7. The van der Waals surface area contributed by atoms with Crippen LogP contribution in [-0.2, 0) is 0 Å². The molecule has 0 aliphatic rings. The lowest BCUT2D eigenvalue weighted by atomic mass is 10.1. The maximum Gasteiger partial charge on any atom is 0.248 e. The number of hydrogen-bond acceptors (Lipinski definition) is 5. The highest BCUT2D eigenvalue weighted by Gasteiger charge is 2.11. The third-order valence-corrected chi connectivity index (χ3v) is 4.54. The van der Waals surface area contributed by atoms with Crippen LogP contribution in [0.25, 0.3) is 33.7 Å². The van der Waals surface area contributed by atoms with E-state index in [0.717, 1.165) is 35.2 Å². The molecule has 0 fully saturated rings. The highest BCUT2D eigenvalue weighted by atomic mass is 16.5. The summed E-state index contributed by atoms with van der Waals surface area (Å²) < 4.78 is 11.7. The zero-order valence-corrected chi connectivity index (χ0v) is 16.1. The molecule has 142 valence electrons. The van der Waals surface area contributed by atoms with Gasteiger partial charge in [0.05, 0.1) is 6.61 Å². The normalized spacial score (nSPS) is 11.2. The fourth-order valence-corrected chi connectivity index (χ4v) is 3.04. The molecule has 4 aromatic rings. The van der Waals surface area contributed by atoms with Gasteiger partial charge in [0.25, 0.3) is 0 Å². The molecule has 0 atom stereocenters. The van der Waals surface area contributed by atoms with Crippen LogP contribution in [-0.4, -0.2) is 42.3 Å². The molecule has 0 amide bonds. The molecule has 5 heteroatoms. The van der Waals surface area contributed by atoms with E-state index in [2.05, 4.69) is 53.5 Å². The van der Waals surface area contributed by atoms with Gasteiger partial charge in [-0.2, -0.15) is 0 Å². The number of fused-ring (bicyclic) bond motifs is 1. The van der Waals surface area contributed by atoms with Crippen molar-refractivity contribution >= 4 is 10.8 Å². The molecule has 0 radical (unpaired) electrons. The molecular formula is C23H23N3O2. The van der Waals surface area contributed by atoms with E-state index in [0.29, 0.717) is 18.4 Å². The van der Waals surface area contributed by atoms with Crippen LogP contribution < -0.4 is 4.74 Å². The van der Waals surface area contributed by atoms with Gasteiger partial charge in [-0.25, -0.2) is 0 Å². The lowest BCUT2D eigenvalue weighted by molar-refractivity contribution is 0.281. The SMILES string of the molecule is CN(C)CCCOc1ccc(-c2nnc(-c3ccc4ccccc4c3)o2)cc1. The average Bonchev–Trinajstić information content (AvgIpc) is 3.21. The van der Waals surface area contributed by atoms with Crippen LogP contribution in [0.1, 0.15) is 6.42 Å². The van der Waals surface area contributed by atoms with Crippen molar-refractivity contribution < 1.29 is 9.15 Å². The van der Waals surface area contributed by atoms with Crippen LogP contribution in [0.4, 0.5) is 0 Å². The predicted octanol–water partition coefficient (Wildman–Crippen LogP) is 4.89. The first kappa shape index (κ1) is 18.2. The number of benzene rings is 3. The van der Waals surface area contributed by atoms with Crippen LogP contribution in [0, 0.1) is 0 Å². The van der Waals surface area contributed by atoms with E-state index in [4.69, 9.17) is 9.15 Å². The monoisotopic (exact) mass is 373 g/mol.